The van der Waals surface area contributed by atoms with Gasteiger partial charge in [-0.1, -0.05) is 13.8 Å². The number of thioether (sulfide) groups is 1. The van der Waals surface area contributed by atoms with Crippen LogP contribution in [0.3, 0.4) is 0 Å². The van der Waals surface area contributed by atoms with Crippen LogP contribution in [-0.2, 0) is 19.0 Å². The molecule has 5 nitrogen and oxygen atoms in total. The Bertz CT molecular complexity index is 574. The molecule has 2 radical (unpaired) electrons. The molecule has 0 atom stereocenters. The molecule has 0 bridgehead atoms. The number of aliphatic hydroxyl groups excluding tert-OH is 1. The van der Waals surface area contributed by atoms with Crippen LogP contribution in [0, 0.1) is 5.41 Å². The Kier molecular flexibility index (Phi) is 6.20. The molecule has 1 rings (SSSR count). The van der Waals surface area contributed by atoms with E-state index in [9.17, 15) is 14.4 Å². The van der Waals surface area contributed by atoms with Crippen molar-refractivity contribution >= 4 is 37.3 Å². The third kappa shape index (κ3) is 3.70. The number of allylic oxidation sites excluding steroid dienone is 4. The van der Waals surface area contributed by atoms with E-state index in [0.29, 0.717) is 27.4 Å². The number of carbonyl (C=O) groups excluding carboxylic acids is 3. The third-order valence-electron chi connectivity index (χ3n) is 3.56. The van der Waals surface area contributed by atoms with Gasteiger partial charge in [0.25, 0.3) is 5.97 Å². The van der Waals surface area contributed by atoms with Crippen LogP contribution in [0.15, 0.2) is 21.6 Å². The van der Waals surface area contributed by atoms with E-state index in [4.69, 9.17) is 13.2 Å². The van der Waals surface area contributed by atoms with Crippen LogP contribution < -0.4 is 0 Å². The first-order chi connectivity index (χ1) is 10.2. The van der Waals surface area contributed by atoms with Gasteiger partial charge in [0.05, 0.1) is 17.9 Å². The Hall–Kier alpha value is -1.34. The van der Waals surface area contributed by atoms with Crippen molar-refractivity contribution < 1.29 is 24.1 Å². The summed E-state index contributed by atoms with van der Waals surface area (Å²) in [6, 6.07) is 0. The first kappa shape index (κ1) is 18.7. The van der Waals surface area contributed by atoms with Crippen LogP contribution in [0.1, 0.15) is 34.1 Å². The summed E-state index contributed by atoms with van der Waals surface area (Å²) < 4.78 is 4.17. The van der Waals surface area contributed by atoms with Crippen LogP contribution in [-0.4, -0.2) is 43.1 Å². The number of aliphatic hydroxyl groups is 1. The molecule has 0 unspecified atom stereocenters. The van der Waals surface area contributed by atoms with Gasteiger partial charge in [0.1, 0.15) is 0 Å². The topological polar surface area (TPSA) is 80.7 Å². The van der Waals surface area contributed by atoms with Crippen molar-refractivity contribution in [3.05, 3.63) is 21.6 Å². The minimum atomic E-state index is -0.859. The number of rotatable bonds is 6. The summed E-state index contributed by atoms with van der Waals surface area (Å²) in [7, 11) is 4.86. The molecule has 1 aliphatic rings. The second kappa shape index (κ2) is 7.29. The highest BCUT2D eigenvalue weighted by molar-refractivity contribution is 8.04. The van der Waals surface area contributed by atoms with Crippen LogP contribution in [0.4, 0.5) is 0 Å². The smallest absolute Gasteiger partial charge is 0.378 e. The third-order valence-corrected chi connectivity index (χ3v) is 4.73. The molecule has 0 aliphatic heterocycles. The van der Waals surface area contributed by atoms with Crippen molar-refractivity contribution in [2.45, 2.75) is 34.1 Å². The molecule has 118 valence electrons. The number of ketones is 2. The van der Waals surface area contributed by atoms with E-state index in [1.165, 1.54) is 11.8 Å². The molecule has 22 heavy (non-hydrogen) atoms. The van der Waals surface area contributed by atoms with Gasteiger partial charge in [-0.15, -0.1) is 11.8 Å². The van der Waals surface area contributed by atoms with Crippen molar-refractivity contribution in [3.8, 4) is 0 Å². The van der Waals surface area contributed by atoms with Crippen LogP contribution >= 0.6 is 11.8 Å². The van der Waals surface area contributed by atoms with E-state index in [1.807, 2.05) is 0 Å². The second-order valence-corrected chi connectivity index (χ2v) is 6.84. The lowest BCUT2D eigenvalue weighted by Gasteiger charge is -2.31. The highest BCUT2D eigenvalue weighted by atomic mass is 32.2. The molecule has 0 aromatic heterocycles. The quantitative estimate of drug-likeness (QED) is 0.589. The van der Waals surface area contributed by atoms with Gasteiger partial charge in [-0.05, 0) is 13.8 Å². The second-order valence-electron chi connectivity index (χ2n) is 5.73. The maximum Gasteiger partial charge on any atom is 0.378 e. The molecule has 0 saturated carbocycles. The van der Waals surface area contributed by atoms with Gasteiger partial charge in [-0.3, -0.25) is 14.4 Å². The standard InChI is InChI=1S/C15H19BO5S/c1-8-11(15(3,4)7-10(18)21-16)12(19)9(2)14(13(8)20)22-6-5-17/h17H,5-7H2,1-4H3. The highest BCUT2D eigenvalue weighted by Gasteiger charge is 2.39. The van der Waals surface area contributed by atoms with E-state index in [2.05, 4.69) is 4.65 Å². The summed E-state index contributed by atoms with van der Waals surface area (Å²) in [6.07, 6.45) is -0.0956. The fourth-order valence-corrected chi connectivity index (χ4v) is 3.43. The molecule has 1 N–H and O–H groups in total. The van der Waals surface area contributed by atoms with Gasteiger partial charge < -0.3 is 9.76 Å². The van der Waals surface area contributed by atoms with Crippen LogP contribution in [0.2, 0.25) is 0 Å². The number of hydrogen-bond acceptors (Lipinski definition) is 6. The first-order valence-corrected chi connectivity index (χ1v) is 7.80. The predicted molar refractivity (Wildman–Crippen MR) is 85.2 cm³/mol. The van der Waals surface area contributed by atoms with Crippen molar-refractivity contribution in [2.75, 3.05) is 12.4 Å². The lowest BCUT2D eigenvalue weighted by Crippen LogP contribution is -2.32. The SMILES string of the molecule is [B]OC(=O)CC(C)(C)C1=C(C)C(=O)C(SCCO)=C(C)C1=O. The lowest BCUT2D eigenvalue weighted by molar-refractivity contribution is -0.135. The Morgan fingerprint density at radius 1 is 1.23 bits per heavy atom. The molecule has 0 spiro atoms. The van der Waals surface area contributed by atoms with Gasteiger partial charge in [0.2, 0.25) is 0 Å². The molecule has 0 fully saturated rings. The fourth-order valence-electron chi connectivity index (χ4n) is 2.54. The number of hydrogen-bond donors (Lipinski definition) is 1. The van der Waals surface area contributed by atoms with Crippen molar-refractivity contribution in [1.29, 1.82) is 0 Å². The fraction of sp³-hybridized carbons (Fsp3) is 0.533. The molecule has 7 heteroatoms. The van der Waals surface area contributed by atoms with Gasteiger partial charge in [0, 0.05) is 27.9 Å². The summed E-state index contributed by atoms with van der Waals surface area (Å²) in [5, 5.41) is 8.89. The molecule has 1 aliphatic carbocycles. The Morgan fingerprint density at radius 2 is 1.82 bits per heavy atom. The average molecular weight is 322 g/mol. The summed E-state index contributed by atoms with van der Waals surface area (Å²) in [5.74, 6) is -0.795. The van der Waals surface area contributed by atoms with Crippen molar-refractivity contribution in [1.82, 2.24) is 0 Å². The van der Waals surface area contributed by atoms with E-state index in [-0.39, 0.29) is 24.6 Å². The minimum Gasteiger partial charge on any atom is -0.543 e. The summed E-state index contributed by atoms with van der Waals surface area (Å²) >= 11 is 1.17. The van der Waals surface area contributed by atoms with Crippen LogP contribution in [0.5, 0.6) is 0 Å². The van der Waals surface area contributed by atoms with E-state index < -0.39 is 11.4 Å². The van der Waals surface area contributed by atoms with Crippen molar-refractivity contribution in [2.24, 2.45) is 5.41 Å². The van der Waals surface area contributed by atoms with Gasteiger partial charge >= 0.3 is 8.05 Å². The molecule has 0 saturated heterocycles. The Morgan fingerprint density at radius 3 is 2.32 bits per heavy atom. The summed E-state index contributed by atoms with van der Waals surface area (Å²) in [5.41, 5.74) is 0.125. The number of carbonyl (C=O) groups is 3. The zero-order chi connectivity index (χ0) is 17.1. The molecular formula is C15H19BO5S. The Balaban J connectivity index is 3.23. The zero-order valence-electron chi connectivity index (χ0n) is 13.2. The van der Waals surface area contributed by atoms with Crippen LogP contribution in [0.25, 0.3) is 0 Å². The van der Waals surface area contributed by atoms with Gasteiger partial charge in [-0.25, -0.2) is 0 Å². The van der Waals surface area contributed by atoms with Gasteiger partial charge in [-0.2, -0.15) is 0 Å². The average Bonchev–Trinajstić information content (AvgIpc) is 2.44. The van der Waals surface area contributed by atoms with Crippen molar-refractivity contribution in [3.63, 3.8) is 0 Å². The minimum absolute atomic E-state index is 0.0770. The summed E-state index contributed by atoms with van der Waals surface area (Å²) in [6.45, 7) is 6.49. The molecule has 0 aromatic carbocycles. The number of Topliss-reactive ketones (excluding diaryl/α,β-unsaturated/α-hetero) is 2. The lowest BCUT2D eigenvalue weighted by atomic mass is 9.72. The molecular weight excluding hydrogens is 303 g/mol. The zero-order valence-corrected chi connectivity index (χ0v) is 14.0. The molecule has 0 amide bonds. The monoisotopic (exact) mass is 322 g/mol. The normalized spacial score (nSPS) is 16.4. The van der Waals surface area contributed by atoms with E-state index in [0.717, 1.165) is 0 Å². The molecule has 0 heterocycles. The van der Waals surface area contributed by atoms with E-state index >= 15 is 0 Å². The van der Waals surface area contributed by atoms with Gasteiger partial charge in [0.15, 0.2) is 11.6 Å². The largest absolute Gasteiger partial charge is 0.543 e. The van der Waals surface area contributed by atoms with E-state index in [1.54, 1.807) is 27.7 Å². The first-order valence-electron chi connectivity index (χ1n) is 6.82. The highest BCUT2D eigenvalue weighted by Crippen LogP contribution is 2.41. The summed E-state index contributed by atoms with van der Waals surface area (Å²) in [4.78, 5) is 36.9. The maximum absolute atomic E-state index is 12.6. The predicted octanol–water partition coefficient (Wildman–Crippen LogP) is 1.50. The maximum atomic E-state index is 12.6. The molecule has 0 aromatic rings. The Labute approximate surface area is 135 Å².